The van der Waals surface area contributed by atoms with Crippen LogP contribution in [0.1, 0.15) is 61.3 Å². The molecule has 1 saturated heterocycles. The SMILES string of the molecule is Cc1cccc(C2CCC(C(=O)N(C)Cc3ccccc3)CN2C(=O)C2CCCC2)c1. The van der Waals surface area contributed by atoms with E-state index < -0.39 is 0 Å². The van der Waals surface area contributed by atoms with Gasteiger partial charge >= 0.3 is 0 Å². The molecule has 2 amide bonds. The van der Waals surface area contributed by atoms with Crippen molar-refractivity contribution >= 4 is 11.8 Å². The van der Waals surface area contributed by atoms with Crippen molar-refractivity contribution < 1.29 is 9.59 Å². The van der Waals surface area contributed by atoms with Crippen molar-refractivity contribution in [1.29, 1.82) is 0 Å². The summed E-state index contributed by atoms with van der Waals surface area (Å²) >= 11 is 0. The van der Waals surface area contributed by atoms with E-state index in [2.05, 4.69) is 31.2 Å². The van der Waals surface area contributed by atoms with Crippen LogP contribution in [-0.2, 0) is 16.1 Å². The molecule has 2 aliphatic rings. The Hall–Kier alpha value is -2.62. The maximum Gasteiger partial charge on any atom is 0.227 e. The number of nitrogens with zero attached hydrogens (tertiary/aromatic N) is 2. The van der Waals surface area contributed by atoms with Crippen LogP contribution >= 0.6 is 0 Å². The lowest BCUT2D eigenvalue weighted by molar-refractivity contribution is -0.145. The number of aryl methyl sites for hydroxylation is 1. The monoisotopic (exact) mass is 418 g/mol. The fourth-order valence-corrected chi connectivity index (χ4v) is 5.29. The van der Waals surface area contributed by atoms with E-state index in [-0.39, 0.29) is 29.7 Å². The molecule has 1 saturated carbocycles. The van der Waals surface area contributed by atoms with Crippen molar-refractivity contribution in [2.45, 2.75) is 58.0 Å². The van der Waals surface area contributed by atoms with Crippen molar-refractivity contribution in [3.05, 3.63) is 71.3 Å². The van der Waals surface area contributed by atoms with Gasteiger partial charge in [0.05, 0.1) is 12.0 Å². The minimum absolute atomic E-state index is 0.0801. The first-order valence-electron chi connectivity index (χ1n) is 11.7. The first-order valence-corrected chi connectivity index (χ1v) is 11.7. The predicted molar refractivity (Wildman–Crippen MR) is 123 cm³/mol. The van der Waals surface area contributed by atoms with Crippen molar-refractivity contribution in [2.24, 2.45) is 11.8 Å². The molecule has 0 spiro atoms. The molecule has 0 aromatic heterocycles. The summed E-state index contributed by atoms with van der Waals surface area (Å²) in [7, 11) is 1.88. The second-order valence-corrected chi connectivity index (χ2v) is 9.36. The van der Waals surface area contributed by atoms with Crippen LogP contribution in [0.4, 0.5) is 0 Å². The molecule has 31 heavy (non-hydrogen) atoms. The number of rotatable bonds is 5. The fourth-order valence-electron chi connectivity index (χ4n) is 5.29. The quantitative estimate of drug-likeness (QED) is 0.676. The number of benzene rings is 2. The molecule has 164 valence electrons. The van der Waals surface area contributed by atoms with Gasteiger partial charge in [0.2, 0.25) is 11.8 Å². The largest absolute Gasteiger partial charge is 0.341 e. The second-order valence-electron chi connectivity index (χ2n) is 9.36. The van der Waals surface area contributed by atoms with Crippen molar-refractivity contribution in [1.82, 2.24) is 9.80 Å². The topological polar surface area (TPSA) is 40.6 Å². The first-order chi connectivity index (χ1) is 15.0. The van der Waals surface area contributed by atoms with Crippen LogP contribution in [0, 0.1) is 18.8 Å². The van der Waals surface area contributed by atoms with Crippen LogP contribution in [0.25, 0.3) is 0 Å². The second kappa shape index (κ2) is 9.67. The Labute approximate surface area is 186 Å². The number of carbonyl (C=O) groups is 2. The molecular formula is C27H34N2O2. The number of piperidine rings is 1. The van der Waals surface area contributed by atoms with Gasteiger partial charge in [-0.25, -0.2) is 0 Å². The molecule has 1 heterocycles. The summed E-state index contributed by atoms with van der Waals surface area (Å²) in [6.07, 6.45) is 5.93. The lowest BCUT2D eigenvalue weighted by Crippen LogP contribution is -2.48. The predicted octanol–water partition coefficient (Wildman–Crippen LogP) is 5.12. The number of amides is 2. The van der Waals surface area contributed by atoms with E-state index in [1.54, 1.807) is 0 Å². The lowest BCUT2D eigenvalue weighted by atomic mass is 9.86. The van der Waals surface area contributed by atoms with Gasteiger partial charge < -0.3 is 9.80 Å². The molecule has 4 heteroatoms. The van der Waals surface area contributed by atoms with Gasteiger partial charge in [-0.2, -0.15) is 0 Å². The van der Waals surface area contributed by atoms with Crippen LogP contribution in [0.2, 0.25) is 0 Å². The van der Waals surface area contributed by atoms with Gasteiger partial charge in [-0.05, 0) is 43.7 Å². The normalized spacial score (nSPS) is 21.8. The Morgan fingerprint density at radius 2 is 1.68 bits per heavy atom. The van der Waals surface area contributed by atoms with E-state index in [4.69, 9.17) is 0 Å². The summed E-state index contributed by atoms with van der Waals surface area (Å²) in [4.78, 5) is 30.6. The average molecular weight is 419 g/mol. The van der Waals surface area contributed by atoms with Crippen LogP contribution in [0.3, 0.4) is 0 Å². The Morgan fingerprint density at radius 3 is 2.39 bits per heavy atom. The molecule has 2 unspecified atom stereocenters. The first kappa shape index (κ1) is 21.6. The van der Waals surface area contributed by atoms with Crippen molar-refractivity contribution in [3.8, 4) is 0 Å². The molecule has 1 aliphatic carbocycles. The molecule has 2 aromatic carbocycles. The van der Waals surface area contributed by atoms with Gasteiger partial charge in [0.15, 0.2) is 0 Å². The number of carbonyl (C=O) groups excluding carboxylic acids is 2. The van der Waals surface area contributed by atoms with Crippen LogP contribution in [-0.4, -0.2) is 35.2 Å². The Morgan fingerprint density at radius 1 is 0.935 bits per heavy atom. The van der Waals surface area contributed by atoms with E-state index in [0.717, 1.165) is 44.1 Å². The fraction of sp³-hybridized carbons (Fsp3) is 0.481. The Kier molecular flexibility index (Phi) is 6.74. The zero-order chi connectivity index (χ0) is 21.8. The van der Waals surface area contributed by atoms with E-state index >= 15 is 0 Å². The van der Waals surface area contributed by atoms with E-state index in [1.165, 1.54) is 11.1 Å². The third-order valence-corrected chi connectivity index (χ3v) is 6.98. The standard InChI is InChI=1S/C27H34N2O2/c1-20-9-8-14-23(17-20)25-16-15-24(19-29(25)27(31)22-12-6-7-13-22)26(30)28(2)18-21-10-4-3-5-11-21/h3-5,8-11,14,17,22,24-25H,6-7,12-13,15-16,18-19H2,1-2H3. The summed E-state index contributed by atoms with van der Waals surface area (Å²) in [6.45, 7) is 3.24. The average Bonchev–Trinajstić information content (AvgIpc) is 3.33. The molecule has 1 aliphatic heterocycles. The van der Waals surface area contributed by atoms with Gasteiger partial charge in [0.25, 0.3) is 0 Å². The Bertz CT molecular complexity index is 904. The highest BCUT2D eigenvalue weighted by atomic mass is 16.2. The van der Waals surface area contributed by atoms with Crippen LogP contribution < -0.4 is 0 Å². The molecule has 2 atom stereocenters. The number of hydrogen-bond donors (Lipinski definition) is 0. The minimum atomic E-state index is -0.125. The number of hydrogen-bond acceptors (Lipinski definition) is 2. The molecule has 0 N–H and O–H groups in total. The molecule has 0 radical (unpaired) electrons. The van der Waals surface area contributed by atoms with E-state index in [9.17, 15) is 9.59 Å². The maximum absolute atomic E-state index is 13.5. The van der Waals surface area contributed by atoms with Crippen LogP contribution in [0.15, 0.2) is 54.6 Å². The summed E-state index contributed by atoms with van der Waals surface area (Å²) in [5.41, 5.74) is 3.55. The van der Waals surface area contributed by atoms with E-state index in [1.807, 2.05) is 47.2 Å². The van der Waals surface area contributed by atoms with E-state index in [0.29, 0.717) is 13.1 Å². The molecule has 0 bridgehead atoms. The van der Waals surface area contributed by atoms with Gasteiger partial charge in [0.1, 0.15) is 0 Å². The molecular weight excluding hydrogens is 384 g/mol. The summed E-state index contributed by atoms with van der Waals surface area (Å²) in [5, 5.41) is 0. The van der Waals surface area contributed by atoms with Gasteiger partial charge in [-0.1, -0.05) is 73.0 Å². The minimum Gasteiger partial charge on any atom is -0.341 e. The highest BCUT2D eigenvalue weighted by molar-refractivity contribution is 5.83. The zero-order valence-electron chi connectivity index (χ0n) is 18.8. The molecule has 2 fully saturated rings. The molecule has 4 nitrogen and oxygen atoms in total. The molecule has 2 aromatic rings. The zero-order valence-corrected chi connectivity index (χ0v) is 18.8. The van der Waals surface area contributed by atoms with Crippen molar-refractivity contribution in [3.63, 3.8) is 0 Å². The van der Waals surface area contributed by atoms with Crippen molar-refractivity contribution in [2.75, 3.05) is 13.6 Å². The van der Waals surface area contributed by atoms with Crippen LogP contribution in [0.5, 0.6) is 0 Å². The number of likely N-dealkylation sites (tertiary alicyclic amines) is 1. The third kappa shape index (κ3) is 5.00. The smallest absolute Gasteiger partial charge is 0.227 e. The lowest BCUT2D eigenvalue weighted by Gasteiger charge is -2.41. The highest BCUT2D eigenvalue weighted by Crippen LogP contribution is 2.38. The van der Waals surface area contributed by atoms with Gasteiger partial charge in [0, 0.05) is 26.1 Å². The molecule has 4 rings (SSSR count). The van der Waals surface area contributed by atoms with Gasteiger partial charge in [-0.15, -0.1) is 0 Å². The summed E-state index contributed by atoms with van der Waals surface area (Å²) in [5.74, 6) is 0.409. The highest BCUT2D eigenvalue weighted by Gasteiger charge is 2.39. The Balaban J connectivity index is 1.51. The summed E-state index contributed by atoms with van der Waals surface area (Å²) in [6, 6.07) is 18.7. The summed E-state index contributed by atoms with van der Waals surface area (Å²) < 4.78 is 0. The third-order valence-electron chi connectivity index (χ3n) is 6.98. The van der Waals surface area contributed by atoms with Gasteiger partial charge in [-0.3, -0.25) is 9.59 Å². The maximum atomic E-state index is 13.5.